The van der Waals surface area contributed by atoms with E-state index in [0.717, 1.165) is 62.2 Å². The molecule has 0 unspecified atom stereocenters. The van der Waals surface area contributed by atoms with Crippen molar-refractivity contribution in [1.82, 2.24) is 20.1 Å². The molecular formula is C20H31Cl3N6OS. The largest absolute Gasteiger partial charge is 0.374 e. The Morgan fingerprint density at radius 1 is 1.19 bits per heavy atom. The highest BCUT2D eigenvalue weighted by Gasteiger charge is 2.35. The van der Waals surface area contributed by atoms with Crippen LogP contribution >= 0.6 is 48.2 Å². The number of nitrogens with two attached hydrogens (primary N) is 1. The molecule has 7 nitrogen and oxygen atoms in total. The van der Waals surface area contributed by atoms with Gasteiger partial charge in [0, 0.05) is 42.5 Å². The Bertz CT molecular complexity index is 787. The van der Waals surface area contributed by atoms with Crippen LogP contribution in [0.15, 0.2) is 24.3 Å². The number of H-pyrrole nitrogens is 1. The molecule has 2 aliphatic rings. The first-order valence-electron chi connectivity index (χ1n) is 10.2. The Balaban J connectivity index is 0.00000171. The molecule has 2 saturated heterocycles. The summed E-state index contributed by atoms with van der Waals surface area (Å²) in [5.41, 5.74) is 7.00. The fourth-order valence-electron chi connectivity index (χ4n) is 4.40. The number of ether oxygens (including phenoxy) is 1. The molecule has 3 N–H and O–H groups in total. The summed E-state index contributed by atoms with van der Waals surface area (Å²) in [4.78, 5) is 7.99. The molecular weight excluding hydrogens is 479 g/mol. The summed E-state index contributed by atoms with van der Waals surface area (Å²) in [6, 6.07) is 9.16. The Morgan fingerprint density at radius 2 is 1.90 bits per heavy atom. The molecule has 2 fully saturated rings. The summed E-state index contributed by atoms with van der Waals surface area (Å²) in [5.74, 6) is 2.19. The lowest BCUT2D eigenvalue weighted by Gasteiger charge is -2.46. The summed E-state index contributed by atoms with van der Waals surface area (Å²) in [5, 5.41) is 8.81. The number of anilines is 2. The van der Waals surface area contributed by atoms with Crippen molar-refractivity contribution in [2.45, 2.75) is 37.5 Å². The Labute approximate surface area is 205 Å². The van der Waals surface area contributed by atoms with Crippen LogP contribution in [0.4, 0.5) is 11.9 Å². The van der Waals surface area contributed by atoms with Gasteiger partial charge >= 0.3 is 0 Å². The number of piperidine rings is 1. The first-order chi connectivity index (χ1) is 14.1. The van der Waals surface area contributed by atoms with Gasteiger partial charge in [0.25, 0.3) is 0 Å². The molecule has 0 spiro atoms. The van der Waals surface area contributed by atoms with Gasteiger partial charge in [-0.3, -0.25) is 9.88 Å². The number of thioether (sulfide) groups is 1. The normalized spacial score (nSPS) is 22.6. The van der Waals surface area contributed by atoms with Crippen LogP contribution in [-0.4, -0.2) is 76.5 Å². The van der Waals surface area contributed by atoms with Gasteiger partial charge in [0.15, 0.2) is 0 Å². The van der Waals surface area contributed by atoms with Crippen molar-refractivity contribution in [3.63, 3.8) is 0 Å². The van der Waals surface area contributed by atoms with Gasteiger partial charge in [0.1, 0.15) is 0 Å². The fraction of sp³-hybridized carbons (Fsp3) is 0.600. The van der Waals surface area contributed by atoms with Gasteiger partial charge in [-0.15, -0.1) is 35.0 Å². The van der Waals surface area contributed by atoms with Crippen LogP contribution in [0.25, 0.3) is 0 Å². The second-order valence-electron chi connectivity index (χ2n) is 7.84. The third-order valence-electron chi connectivity index (χ3n) is 5.87. The lowest BCUT2D eigenvalue weighted by Crippen LogP contribution is -2.57. The zero-order chi connectivity index (χ0) is 20.2. The number of nitrogens with one attached hydrogen (secondary N) is 1. The van der Waals surface area contributed by atoms with E-state index in [-0.39, 0.29) is 24.8 Å². The molecule has 0 amide bonds. The van der Waals surface area contributed by atoms with Crippen LogP contribution < -0.4 is 10.6 Å². The van der Waals surface area contributed by atoms with Gasteiger partial charge in [0.2, 0.25) is 11.9 Å². The van der Waals surface area contributed by atoms with Crippen molar-refractivity contribution >= 4 is 60.1 Å². The maximum Gasteiger partial charge on any atom is 0.226 e. The zero-order valence-electron chi connectivity index (χ0n) is 17.6. The molecule has 4 rings (SSSR count). The van der Waals surface area contributed by atoms with E-state index in [4.69, 9.17) is 22.1 Å². The first kappa shape index (κ1) is 26.4. The Kier molecular flexibility index (Phi) is 10.5. The molecule has 0 radical (unpaired) electrons. The van der Waals surface area contributed by atoms with Crippen LogP contribution in [0, 0.1) is 0 Å². The fourth-order valence-corrected chi connectivity index (χ4v) is 5.10. The number of nitrogens with zero attached hydrogens (tertiary/aromatic N) is 4. The smallest absolute Gasteiger partial charge is 0.226 e. The van der Waals surface area contributed by atoms with Gasteiger partial charge in [-0.1, -0.05) is 23.7 Å². The van der Waals surface area contributed by atoms with Gasteiger partial charge in [-0.2, -0.15) is 11.8 Å². The predicted molar refractivity (Wildman–Crippen MR) is 134 cm³/mol. The number of rotatable bonds is 6. The van der Waals surface area contributed by atoms with Gasteiger partial charge in [0.05, 0.1) is 12.7 Å². The van der Waals surface area contributed by atoms with Gasteiger partial charge in [-0.25, -0.2) is 0 Å². The number of hydrogen-bond acceptors (Lipinski definition) is 7. The lowest BCUT2D eigenvalue weighted by molar-refractivity contribution is -0.0726. The molecule has 174 valence electrons. The highest BCUT2D eigenvalue weighted by molar-refractivity contribution is 7.98. The molecule has 0 bridgehead atoms. The van der Waals surface area contributed by atoms with Crippen molar-refractivity contribution in [3.8, 4) is 0 Å². The molecule has 1 aromatic carbocycles. The second-order valence-corrected chi connectivity index (χ2v) is 9.19. The third kappa shape index (κ3) is 6.79. The SMILES string of the molecule is CSC[C@H]1CN(C2CCN(c3nnc(N)[nH]3)CC2)[C@@H](Cc2ccc(Cl)cc2)CO1.Cl.Cl. The number of halogens is 3. The minimum atomic E-state index is 0. The third-order valence-corrected chi connectivity index (χ3v) is 6.83. The molecule has 2 aliphatic heterocycles. The van der Waals surface area contributed by atoms with Crippen LogP contribution in [0.5, 0.6) is 0 Å². The standard InChI is InChI=1S/C20H29ClN6OS.2ClH/c1-29-13-18-11-27(17(12-28-18)10-14-2-4-15(21)5-3-14)16-6-8-26(9-7-16)20-23-19(22)24-25-20;;/h2-5,16-18H,6-13H2,1H3,(H3,22,23,24,25);2*1H/t17-,18+;;/m0../s1. The molecule has 2 aromatic rings. The van der Waals surface area contributed by atoms with Crippen molar-refractivity contribution in [2.24, 2.45) is 0 Å². The van der Waals surface area contributed by atoms with Gasteiger partial charge < -0.3 is 15.4 Å². The van der Waals surface area contributed by atoms with E-state index in [1.54, 1.807) is 0 Å². The minimum Gasteiger partial charge on any atom is -0.374 e. The molecule has 3 heterocycles. The number of aromatic amines is 1. The second kappa shape index (κ2) is 12.4. The summed E-state index contributed by atoms with van der Waals surface area (Å²) in [7, 11) is 0. The van der Waals surface area contributed by atoms with E-state index in [0.29, 0.717) is 24.1 Å². The van der Waals surface area contributed by atoms with E-state index in [1.807, 2.05) is 23.9 Å². The van der Waals surface area contributed by atoms with Crippen molar-refractivity contribution in [2.75, 3.05) is 48.9 Å². The lowest BCUT2D eigenvalue weighted by atomic mass is 9.96. The molecule has 31 heavy (non-hydrogen) atoms. The zero-order valence-corrected chi connectivity index (χ0v) is 20.8. The maximum absolute atomic E-state index is 6.21. The maximum atomic E-state index is 6.21. The summed E-state index contributed by atoms with van der Waals surface area (Å²) < 4.78 is 6.21. The number of morpholine rings is 1. The highest BCUT2D eigenvalue weighted by atomic mass is 35.5. The van der Waals surface area contributed by atoms with Crippen LogP contribution in [0.2, 0.25) is 5.02 Å². The number of benzene rings is 1. The van der Waals surface area contributed by atoms with E-state index >= 15 is 0 Å². The molecule has 2 atom stereocenters. The van der Waals surface area contributed by atoms with E-state index in [2.05, 4.69) is 43.4 Å². The molecule has 11 heteroatoms. The molecule has 0 aliphatic carbocycles. The number of aromatic nitrogens is 3. The molecule has 1 aromatic heterocycles. The topological polar surface area (TPSA) is 83.3 Å². The monoisotopic (exact) mass is 508 g/mol. The van der Waals surface area contributed by atoms with Crippen molar-refractivity contribution in [3.05, 3.63) is 34.9 Å². The minimum absolute atomic E-state index is 0. The van der Waals surface area contributed by atoms with Crippen LogP contribution in [0.3, 0.4) is 0 Å². The predicted octanol–water partition coefficient (Wildman–Crippen LogP) is 3.53. The van der Waals surface area contributed by atoms with Crippen LogP contribution in [0.1, 0.15) is 18.4 Å². The number of nitrogen functional groups attached to an aromatic ring is 1. The van der Waals surface area contributed by atoms with E-state index in [9.17, 15) is 0 Å². The van der Waals surface area contributed by atoms with E-state index < -0.39 is 0 Å². The quantitative estimate of drug-likeness (QED) is 0.616. The summed E-state index contributed by atoms with van der Waals surface area (Å²) >= 11 is 7.92. The van der Waals surface area contributed by atoms with Gasteiger partial charge in [-0.05, 0) is 43.2 Å². The first-order valence-corrected chi connectivity index (χ1v) is 11.9. The summed E-state index contributed by atoms with van der Waals surface area (Å²) in [6.07, 6.45) is 5.64. The Morgan fingerprint density at radius 3 is 2.52 bits per heavy atom. The average molecular weight is 510 g/mol. The van der Waals surface area contributed by atoms with Crippen molar-refractivity contribution < 1.29 is 4.74 Å². The summed E-state index contributed by atoms with van der Waals surface area (Å²) in [6.45, 7) is 3.70. The van der Waals surface area contributed by atoms with E-state index in [1.165, 1.54) is 5.56 Å². The molecule has 0 saturated carbocycles. The number of hydrogen-bond donors (Lipinski definition) is 2. The average Bonchev–Trinajstić information content (AvgIpc) is 3.17. The highest BCUT2D eigenvalue weighted by Crippen LogP contribution is 2.27. The van der Waals surface area contributed by atoms with Crippen molar-refractivity contribution in [1.29, 1.82) is 0 Å². The van der Waals surface area contributed by atoms with Crippen LogP contribution in [-0.2, 0) is 11.2 Å². The Hall–Kier alpha value is -0.900.